The van der Waals surface area contributed by atoms with Gasteiger partial charge in [-0.15, -0.1) is 0 Å². The van der Waals surface area contributed by atoms with E-state index < -0.39 is 20.2 Å². The summed E-state index contributed by atoms with van der Waals surface area (Å²) in [5.74, 6) is 0. The standard InChI is InChI=1S/C12H10O6S4/c13-21(14,15)11-5-1-3-9(7-11)19-20-10-4-2-6-12(8-10)22(16,17)18/h1-8H,(H,13,14,15)(H,16,17,18). The van der Waals surface area contributed by atoms with Crippen LogP contribution in [0.2, 0.25) is 0 Å². The molecule has 0 amide bonds. The molecule has 0 heterocycles. The highest BCUT2D eigenvalue weighted by atomic mass is 33.1. The molecule has 0 atom stereocenters. The fourth-order valence-electron chi connectivity index (χ4n) is 1.47. The highest BCUT2D eigenvalue weighted by Gasteiger charge is 2.12. The van der Waals surface area contributed by atoms with Gasteiger partial charge in [-0.3, -0.25) is 9.11 Å². The number of rotatable bonds is 5. The number of hydrogen-bond donors (Lipinski definition) is 2. The van der Waals surface area contributed by atoms with E-state index in [1.165, 1.54) is 58.0 Å². The van der Waals surface area contributed by atoms with Crippen molar-refractivity contribution < 1.29 is 25.9 Å². The van der Waals surface area contributed by atoms with Gasteiger partial charge in [-0.05, 0) is 36.4 Å². The molecule has 0 aromatic heterocycles. The number of benzene rings is 2. The summed E-state index contributed by atoms with van der Waals surface area (Å²) in [6.45, 7) is 0. The van der Waals surface area contributed by atoms with E-state index in [0.717, 1.165) is 0 Å². The van der Waals surface area contributed by atoms with Crippen LogP contribution in [0.5, 0.6) is 0 Å². The molecule has 22 heavy (non-hydrogen) atoms. The minimum Gasteiger partial charge on any atom is -0.282 e. The molecule has 0 aliphatic rings. The fourth-order valence-corrected chi connectivity index (χ4v) is 4.68. The van der Waals surface area contributed by atoms with E-state index in [-0.39, 0.29) is 9.79 Å². The van der Waals surface area contributed by atoms with Gasteiger partial charge in [0.25, 0.3) is 20.2 Å². The van der Waals surface area contributed by atoms with Crippen molar-refractivity contribution in [3.63, 3.8) is 0 Å². The fraction of sp³-hybridized carbons (Fsp3) is 0. The normalized spacial score (nSPS) is 12.3. The molecule has 0 radical (unpaired) electrons. The number of hydrogen-bond acceptors (Lipinski definition) is 6. The summed E-state index contributed by atoms with van der Waals surface area (Å²) in [5, 5.41) is 0. The van der Waals surface area contributed by atoms with Crippen LogP contribution >= 0.6 is 21.6 Å². The van der Waals surface area contributed by atoms with E-state index in [0.29, 0.717) is 9.79 Å². The monoisotopic (exact) mass is 378 g/mol. The average Bonchev–Trinajstić information content (AvgIpc) is 2.44. The molecule has 2 aromatic carbocycles. The van der Waals surface area contributed by atoms with Gasteiger partial charge in [-0.25, -0.2) is 0 Å². The Labute approximate surface area is 135 Å². The van der Waals surface area contributed by atoms with Crippen molar-refractivity contribution in [2.45, 2.75) is 19.6 Å². The Hall–Kier alpha value is -1.04. The zero-order chi connectivity index (χ0) is 16.4. The highest BCUT2D eigenvalue weighted by Crippen LogP contribution is 2.38. The second kappa shape index (κ2) is 6.60. The van der Waals surface area contributed by atoms with Crippen LogP contribution in [-0.4, -0.2) is 25.9 Å². The summed E-state index contributed by atoms with van der Waals surface area (Å²) in [6, 6.07) is 11.4. The van der Waals surface area contributed by atoms with Gasteiger partial charge in [-0.1, -0.05) is 33.7 Å². The Balaban J connectivity index is 2.18. The predicted octanol–water partition coefficient (Wildman–Crippen LogP) is 2.98. The molecule has 0 saturated carbocycles. The Bertz CT molecular complexity index is 814. The lowest BCUT2D eigenvalue weighted by Gasteiger charge is -2.04. The zero-order valence-electron chi connectivity index (χ0n) is 10.8. The third-order valence-electron chi connectivity index (χ3n) is 2.44. The van der Waals surface area contributed by atoms with Gasteiger partial charge in [0.05, 0.1) is 9.79 Å². The van der Waals surface area contributed by atoms with Gasteiger partial charge in [0.1, 0.15) is 0 Å². The van der Waals surface area contributed by atoms with Crippen molar-refractivity contribution >= 4 is 41.8 Å². The van der Waals surface area contributed by atoms with Gasteiger partial charge < -0.3 is 0 Å². The van der Waals surface area contributed by atoms with Gasteiger partial charge >= 0.3 is 0 Å². The van der Waals surface area contributed by atoms with E-state index in [1.807, 2.05) is 0 Å². The van der Waals surface area contributed by atoms with Crippen molar-refractivity contribution in [1.82, 2.24) is 0 Å². The van der Waals surface area contributed by atoms with E-state index >= 15 is 0 Å². The first-order valence-corrected chi connectivity index (χ1v) is 10.7. The molecule has 0 aliphatic carbocycles. The van der Waals surface area contributed by atoms with Crippen molar-refractivity contribution in [3.05, 3.63) is 48.5 Å². The Morgan fingerprint density at radius 1 is 0.682 bits per heavy atom. The second-order valence-electron chi connectivity index (χ2n) is 4.07. The molecule has 0 saturated heterocycles. The van der Waals surface area contributed by atoms with Gasteiger partial charge in [0.15, 0.2) is 0 Å². The van der Waals surface area contributed by atoms with E-state index in [1.54, 1.807) is 12.1 Å². The Morgan fingerprint density at radius 2 is 1.05 bits per heavy atom. The molecule has 2 rings (SSSR count). The average molecular weight is 378 g/mol. The minimum atomic E-state index is -4.27. The topological polar surface area (TPSA) is 109 Å². The van der Waals surface area contributed by atoms with E-state index in [9.17, 15) is 16.8 Å². The maximum Gasteiger partial charge on any atom is 0.294 e. The minimum absolute atomic E-state index is 0.218. The molecule has 0 fully saturated rings. The predicted molar refractivity (Wildman–Crippen MR) is 84.2 cm³/mol. The van der Waals surface area contributed by atoms with Crippen molar-refractivity contribution in [3.8, 4) is 0 Å². The third-order valence-corrected chi connectivity index (χ3v) is 6.52. The Kier molecular flexibility index (Phi) is 5.20. The summed E-state index contributed by atoms with van der Waals surface area (Å²) in [4.78, 5) is 0.698. The van der Waals surface area contributed by atoms with Gasteiger partial charge in [-0.2, -0.15) is 16.8 Å². The van der Waals surface area contributed by atoms with Crippen LogP contribution in [-0.2, 0) is 20.2 Å². The third kappa shape index (κ3) is 4.73. The molecule has 0 unspecified atom stereocenters. The molecular weight excluding hydrogens is 368 g/mol. The molecule has 0 aliphatic heterocycles. The van der Waals surface area contributed by atoms with Crippen LogP contribution in [0.15, 0.2) is 68.1 Å². The molecule has 0 bridgehead atoms. The lowest BCUT2D eigenvalue weighted by Crippen LogP contribution is -1.97. The molecule has 0 spiro atoms. The van der Waals surface area contributed by atoms with E-state index in [4.69, 9.17) is 9.11 Å². The smallest absolute Gasteiger partial charge is 0.282 e. The maximum atomic E-state index is 11.1. The zero-order valence-corrected chi connectivity index (χ0v) is 14.0. The lowest BCUT2D eigenvalue weighted by molar-refractivity contribution is 0.480. The molecular formula is C12H10O6S4. The van der Waals surface area contributed by atoms with Crippen LogP contribution in [0.1, 0.15) is 0 Å². The highest BCUT2D eigenvalue weighted by molar-refractivity contribution is 8.76. The first-order chi connectivity index (χ1) is 10.2. The SMILES string of the molecule is O=S(=O)(O)c1cccc(SSc2cccc(S(=O)(=O)O)c2)c1. The molecule has 2 N–H and O–H groups in total. The molecule has 6 nitrogen and oxygen atoms in total. The molecule has 118 valence electrons. The first-order valence-electron chi connectivity index (χ1n) is 5.66. The van der Waals surface area contributed by atoms with Crippen LogP contribution < -0.4 is 0 Å². The summed E-state index contributed by atoms with van der Waals surface area (Å²) in [7, 11) is -6.16. The van der Waals surface area contributed by atoms with Crippen LogP contribution in [0.25, 0.3) is 0 Å². The molecule has 2 aromatic rings. The summed E-state index contributed by atoms with van der Waals surface area (Å²) < 4.78 is 62.2. The quantitative estimate of drug-likeness (QED) is 0.604. The largest absolute Gasteiger partial charge is 0.294 e. The Morgan fingerprint density at radius 3 is 1.36 bits per heavy atom. The summed E-state index contributed by atoms with van der Waals surface area (Å²) in [6.07, 6.45) is 0. The summed E-state index contributed by atoms with van der Waals surface area (Å²) in [5.41, 5.74) is 0. The van der Waals surface area contributed by atoms with Crippen LogP contribution in [0.4, 0.5) is 0 Å². The van der Waals surface area contributed by atoms with Crippen molar-refractivity contribution in [2.75, 3.05) is 0 Å². The lowest BCUT2D eigenvalue weighted by atomic mass is 10.4. The van der Waals surface area contributed by atoms with Crippen LogP contribution in [0, 0.1) is 0 Å². The molecule has 10 heteroatoms. The second-order valence-corrected chi connectivity index (χ2v) is 9.19. The van der Waals surface area contributed by atoms with Crippen molar-refractivity contribution in [1.29, 1.82) is 0 Å². The van der Waals surface area contributed by atoms with E-state index in [2.05, 4.69) is 0 Å². The van der Waals surface area contributed by atoms with Gasteiger partial charge in [0, 0.05) is 9.79 Å². The summed E-state index contributed by atoms with van der Waals surface area (Å²) >= 11 is 0. The van der Waals surface area contributed by atoms with Crippen LogP contribution in [0.3, 0.4) is 0 Å². The van der Waals surface area contributed by atoms with Gasteiger partial charge in [0.2, 0.25) is 0 Å². The van der Waals surface area contributed by atoms with Crippen molar-refractivity contribution in [2.24, 2.45) is 0 Å². The maximum absolute atomic E-state index is 11.1. The first kappa shape index (κ1) is 17.3.